The van der Waals surface area contributed by atoms with Crippen molar-refractivity contribution in [1.29, 1.82) is 0 Å². The van der Waals surface area contributed by atoms with Crippen LogP contribution in [0.5, 0.6) is 17.5 Å². The molecular formula is C14H11N3O3. The minimum atomic E-state index is -0.431. The van der Waals surface area contributed by atoms with Gasteiger partial charge in [0, 0.05) is 6.20 Å². The molecule has 0 fully saturated rings. The molecule has 1 aromatic carbocycles. The van der Waals surface area contributed by atoms with Gasteiger partial charge in [0.25, 0.3) is 0 Å². The molecule has 3 aromatic rings. The minimum absolute atomic E-state index is 0.0198. The summed E-state index contributed by atoms with van der Waals surface area (Å²) in [5, 5.41) is 0. The van der Waals surface area contributed by atoms with Gasteiger partial charge in [-0.15, -0.1) is 4.98 Å². The Morgan fingerprint density at radius 2 is 1.75 bits per heavy atom. The molecule has 2 aromatic heterocycles. The third-order valence-electron chi connectivity index (χ3n) is 2.71. The summed E-state index contributed by atoms with van der Waals surface area (Å²) in [4.78, 5) is 19.8. The zero-order valence-electron chi connectivity index (χ0n) is 10.7. The van der Waals surface area contributed by atoms with Crippen molar-refractivity contribution < 1.29 is 9.47 Å². The molecule has 2 heterocycles. The van der Waals surface area contributed by atoms with Crippen LogP contribution in [0.25, 0.3) is 5.65 Å². The van der Waals surface area contributed by atoms with Crippen LogP contribution in [0.1, 0.15) is 0 Å². The van der Waals surface area contributed by atoms with Crippen LogP contribution in [-0.4, -0.2) is 21.5 Å². The Bertz CT molecular complexity index is 797. The van der Waals surface area contributed by atoms with E-state index in [1.165, 1.54) is 4.40 Å². The third kappa shape index (κ3) is 2.31. The normalized spacial score (nSPS) is 10.4. The lowest BCUT2D eigenvalue weighted by molar-refractivity contribution is 0.410. The molecule has 0 bridgehead atoms. The molecule has 6 nitrogen and oxygen atoms in total. The van der Waals surface area contributed by atoms with Crippen molar-refractivity contribution in [2.45, 2.75) is 0 Å². The molecule has 3 rings (SSSR count). The zero-order chi connectivity index (χ0) is 13.9. The number of benzene rings is 1. The molecule has 0 unspecified atom stereocenters. The van der Waals surface area contributed by atoms with Crippen molar-refractivity contribution in [2.75, 3.05) is 7.11 Å². The lowest BCUT2D eigenvalue weighted by atomic mass is 10.3. The number of methoxy groups -OCH3 is 1. The monoisotopic (exact) mass is 269 g/mol. The molecule has 0 atom stereocenters. The second-order valence-electron chi connectivity index (χ2n) is 4.00. The fourth-order valence-corrected chi connectivity index (χ4v) is 1.74. The highest BCUT2D eigenvalue weighted by Crippen LogP contribution is 2.20. The number of hydrogen-bond acceptors (Lipinski definition) is 5. The molecule has 0 amide bonds. The molecule has 0 saturated carbocycles. The van der Waals surface area contributed by atoms with E-state index >= 15 is 0 Å². The first-order valence-corrected chi connectivity index (χ1v) is 5.93. The number of aromatic nitrogens is 3. The van der Waals surface area contributed by atoms with Gasteiger partial charge in [-0.25, -0.2) is 4.79 Å². The van der Waals surface area contributed by atoms with Gasteiger partial charge in [-0.3, -0.25) is 4.40 Å². The maximum Gasteiger partial charge on any atom is 0.358 e. The van der Waals surface area contributed by atoms with E-state index in [0.717, 1.165) is 5.75 Å². The van der Waals surface area contributed by atoms with Crippen molar-refractivity contribution in [2.24, 2.45) is 0 Å². The lowest BCUT2D eigenvalue weighted by Crippen LogP contribution is -2.18. The van der Waals surface area contributed by atoms with Gasteiger partial charge in [0.2, 0.25) is 0 Å². The first-order valence-electron chi connectivity index (χ1n) is 5.93. The Balaban J connectivity index is 1.96. The summed E-state index contributed by atoms with van der Waals surface area (Å²) in [5.74, 6) is 1.25. The number of rotatable bonds is 3. The van der Waals surface area contributed by atoms with Crippen LogP contribution in [0.15, 0.2) is 53.5 Å². The van der Waals surface area contributed by atoms with E-state index in [0.29, 0.717) is 11.4 Å². The Hall–Kier alpha value is -2.89. The molecule has 20 heavy (non-hydrogen) atoms. The fraction of sp³-hybridized carbons (Fsp3) is 0.0714. The maximum atomic E-state index is 11.8. The summed E-state index contributed by atoms with van der Waals surface area (Å²) < 4.78 is 11.9. The van der Waals surface area contributed by atoms with Crippen LogP contribution in [-0.2, 0) is 0 Å². The SMILES string of the molecule is COc1ccc(Oc2nc(=O)n3ccccc3n2)cc1. The molecular weight excluding hydrogens is 258 g/mol. The Labute approximate surface area is 114 Å². The minimum Gasteiger partial charge on any atom is -0.497 e. The van der Waals surface area contributed by atoms with Crippen LogP contribution in [0, 0.1) is 0 Å². The van der Waals surface area contributed by atoms with Crippen LogP contribution in [0.2, 0.25) is 0 Å². The molecule has 0 aliphatic heterocycles. The van der Waals surface area contributed by atoms with Crippen LogP contribution < -0.4 is 15.2 Å². The number of pyridine rings is 1. The van der Waals surface area contributed by atoms with Gasteiger partial charge in [0.1, 0.15) is 17.1 Å². The van der Waals surface area contributed by atoms with Gasteiger partial charge < -0.3 is 9.47 Å². The van der Waals surface area contributed by atoms with Crippen LogP contribution in [0.3, 0.4) is 0 Å². The van der Waals surface area contributed by atoms with Crippen LogP contribution >= 0.6 is 0 Å². The predicted molar refractivity (Wildman–Crippen MR) is 72.3 cm³/mol. The highest BCUT2D eigenvalue weighted by Gasteiger charge is 2.05. The summed E-state index contributed by atoms with van der Waals surface area (Å²) in [5.41, 5.74) is 0.0510. The standard InChI is InChI=1S/C14H11N3O3/c1-19-10-5-7-11(8-6-10)20-13-15-12-4-2-3-9-17(12)14(18)16-13/h2-9H,1H3. The summed E-state index contributed by atoms with van der Waals surface area (Å²) in [6.45, 7) is 0. The Morgan fingerprint density at radius 1 is 1.00 bits per heavy atom. The maximum absolute atomic E-state index is 11.8. The molecule has 0 N–H and O–H groups in total. The van der Waals surface area contributed by atoms with Crippen molar-refractivity contribution in [3.8, 4) is 17.5 Å². The van der Waals surface area contributed by atoms with E-state index in [1.807, 2.05) is 0 Å². The highest BCUT2D eigenvalue weighted by molar-refractivity contribution is 5.38. The van der Waals surface area contributed by atoms with Gasteiger partial charge in [0.15, 0.2) is 0 Å². The van der Waals surface area contributed by atoms with Crippen molar-refractivity contribution in [1.82, 2.24) is 14.4 Å². The van der Waals surface area contributed by atoms with Crippen molar-refractivity contribution in [3.63, 3.8) is 0 Å². The molecule has 0 aliphatic carbocycles. The largest absolute Gasteiger partial charge is 0.497 e. The number of ether oxygens (including phenoxy) is 2. The number of nitrogens with zero attached hydrogens (tertiary/aromatic N) is 3. The Morgan fingerprint density at radius 3 is 2.50 bits per heavy atom. The molecule has 100 valence electrons. The highest BCUT2D eigenvalue weighted by atomic mass is 16.5. The quantitative estimate of drug-likeness (QED) is 0.726. The van der Waals surface area contributed by atoms with E-state index in [-0.39, 0.29) is 6.01 Å². The number of hydrogen-bond donors (Lipinski definition) is 0. The smallest absolute Gasteiger partial charge is 0.358 e. The lowest BCUT2D eigenvalue weighted by Gasteiger charge is -2.05. The average Bonchev–Trinajstić information content (AvgIpc) is 2.48. The molecule has 0 spiro atoms. The first-order chi connectivity index (χ1) is 9.76. The van der Waals surface area contributed by atoms with Gasteiger partial charge in [-0.05, 0) is 36.4 Å². The van der Waals surface area contributed by atoms with E-state index in [9.17, 15) is 4.79 Å². The molecule has 6 heteroatoms. The zero-order valence-corrected chi connectivity index (χ0v) is 10.7. The summed E-state index contributed by atoms with van der Waals surface area (Å²) in [6, 6.07) is 12.2. The van der Waals surface area contributed by atoms with E-state index in [2.05, 4.69) is 9.97 Å². The molecule has 0 saturated heterocycles. The van der Waals surface area contributed by atoms with E-state index in [4.69, 9.17) is 9.47 Å². The first kappa shape index (κ1) is 12.2. The Kier molecular flexibility index (Phi) is 3.04. The van der Waals surface area contributed by atoms with Crippen LogP contribution in [0.4, 0.5) is 0 Å². The fourth-order valence-electron chi connectivity index (χ4n) is 1.74. The predicted octanol–water partition coefficient (Wildman–Crippen LogP) is 1.89. The summed E-state index contributed by atoms with van der Waals surface area (Å²) >= 11 is 0. The van der Waals surface area contributed by atoms with Gasteiger partial charge in [0.05, 0.1) is 7.11 Å². The van der Waals surface area contributed by atoms with Gasteiger partial charge >= 0.3 is 11.7 Å². The third-order valence-corrected chi connectivity index (χ3v) is 2.71. The number of fused-ring (bicyclic) bond motifs is 1. The second-order valence-corrected chi connectivity index (χ2v) is 4.00. The summed E-state index contributed by atoms with van der Waals surface area (Å²) in [7, 11) is 1.59. The van der Waals surface area contributed by atoms with Crippen molar-refractivity contribution >= 4 is 5.65 Å². The van der Waals surface area contributed by atoms with Gasteiger partial charge in [-0.2, -0.15) is 4.98 Å². The van der Waals surface area contributed by atoms with Gasteiger partial charge in [-0.1, -0.05) is 6.07 Å². The van der Waals surface area contributed by atoms with E-state index in [1.54, 1.807) is 55.8 Å². The molecule has 0 aliphatic rings. The van der Waals surface area contributed by atoms with Crippen molar-refractivity contribution in [3.05, 3.63) is 59.1 Å². The summed E-state index contributed by atoms with van der Waals surface area (Å²) in [6.07, 6.45) is 1.61. The average molecular weight is 269 g/mol. The van der Waals surface area contributed by atoms with E-state index < -0.39 is 5.69 Å². The second kappa shape index (κ2) is 5.00. The molecule has 0 radical (unpaired) electrons. The topological polar surface area (TPSA) is 65.7 Å².